The van der Waals surface area contributed by atoms with Gasteiger partial charge in [-0.1, -0.05) is 17.7 Å². The minimum atomic E-state index is 0.651. The van der Waals surface area contributed by atoms with E-state index >= 15 is 0 Å². The maximum atomic E-state index is 6.20. The molecule has 2 aromatic carbocycles. The van der Waals surface area contributed by atoms with Crippen LogP contribution in [0.25, 0.3) is 10.9 Å². The lowest BCUT2D eigenvalue weighted by Gasteiger charge is -2.10. The average Bonchev–Trinajstić information content (AvgIpc) is 2.43. The van der Waals surface area contributed by atoms with E-state index in [1.165, 1.54) is 6.33 Å². The normalized spacial score (nSPS) is 10.7. The van der Waals surface area contributed by atoms with Crippen molar-refractivity contribution in [2.75, 3.05) is 11.1 Å². The predicted molar refractivity (Wildman–Crippen MR) is 83.4 cm³/mol. The first kappa shape index (κ1) is 12.7. The first-order chi connectivity index (χ1) is 9.63. The van der Waals surface area contributed by atoms with E-state index in [2.05, 4.69) is 15.3 Å². The Balaban J connectivity index is 2.09. The predicted octanol–water partition coefficient (Wildman–Crippen LogP) is 3.92. The summed E-state index contributed by atoms with van der Waals surface area (Å²) in [5.41, 5.74) is 9.19. The fraction of sp³-hybridized carbons (Fsp3) is 0.0667. The van der Waals surface area contributed by atoms with E-state index in [9.17, 15) is 0 Å². The number of nitrogens with one attached hydrogen (secondary N) is 1. The first-order valence-corrected chi connectivity index (χ1v) is 6.55. The van der Waals surface area contributed by atoms with Crippen LogP contribution in [0.2, 0.25) is 5.02 Å². The van der Waals surface area contributed by atoms with Gasteiger partial charge in [-0.05, 0) is 42.8 Å². The van der Waals surface area contributed by atoms with Crippen LogP contribution in [0.4, 0.5) is 17.2 Å². The van der Waals surface area contributed by atoms with Gasteiger partial charge in [-0.25, -0.2) is 9.97 Å². The number of nitrogens with two attached hydrogens (primary N) is 1. The van der Waals surface area contributed by atoms with Crippen LogP contribution < -0.4 is 11.1 Å². The summed E-state index contributed by atoms with van der Waals surface area (Å²) >= 11 is 6.20. The fourth-order valence-electron chi connectivity index (χ4n) is 2.04. The Hall–Kier alpha value is -2.33. The highest BCUT2D eigenvalue weighted by molar-refractivity contribution is 6.33. The second-order valence-corrected chi connectivity index (χ2v) is 5.01. The Morgan fingerprint density at radius 2 is 1.95 bits per heavy atom. The number of nitrogens with zero attached hydrogens (tertiary/aromatic N) is 2. The summed E-state index contributed by atoms with van der Waals surface area (Å²) in [5, 5.41) is 4.80. The molecule has 0 aliphatic rings. The van der Waals surface area contributed by atoms with Crippen molar-refractivity contribution >= 4 is 39.7 Å². The Bertz CT molecular complexity index is 786. The van der Waals surface area contributed by atoms with Gasteiger partial charge in [-0.15, -0.1) is 0 Å². The third-order valence-corrected chi connectivity index (χ3v) is 3.37. The van der Waals surface area contributed by atoms with E-state index in [1.807, 2.05) is 43.3 Å². The molecule has 0 atom stereocenters. The molecule has 0 aliphatic heterocycles. The zero-order valence-electron chi connectivity index (χ0n) is 10.9. The molecule has 0 aliphatic carbocycles. The van der Waals surface area contributed by atoms with Crippen LogP contribution in [0.5, 0.6) is 0 Å². The number of aryl methyl sites for hydroxylation is 1. The lowest BCUT2D eigenvalue weighted by atomic mass is 10.2. The number of halogens is 1. The van der Waals surface area contributed by atoms with Gasteiger partial charge in [0.05, 0.1) is 16.2 Å². The van der Waals surface area contributed by atoms with Crippen LogP contribution in [0.1, 0.15) is 5.56 Å². The minimum absolute atomic E-state index is 0.651. The van der Waals surface area contributed by atoms with Crippen LogP contribution in [0.15, 0.2) is 42.7 Å². The number of fused-ring (bicyclic) bond motifs is 1. The summed E-state index contributed by atoms with van der Waals surface area (Å²) in [5.74, 6) is 0.711. The summed E-state index contributed by atoms with van der Waals surface area (Å²) in [6.07, 6.45) is 1.51. The Morgan fingerprint density at radius 3 is 2.80 bits per heavy atom. The van der Waals surface area contributed by atoms with Gasteiger partial charge in [0.1, 0.15) is 12.1 Å². The van der Waals surface area contributed by atoms with Gasteiger partial charge < -0.3 is 11.1 Å². The lowest BCUT2D eigenvalue weighted by molar-refractivity contribution is 1.22. The van der Waals surface area contributed by atoms with Crippen molar-refractivity contribution in [1.29, 1.82) is 0 Å². The summed E-state index contributed by atoms with van der Waals surface area (Å²) in [4.78, 5) is 8.50. The Morgan fingerprint density at radius 1 is 1.10 bits per heavy atom. The SMILES string of the molecule is Cc1ccc(Cl)c(Nc2ncnc3cc(N)ccc23)c1. The number of nitrogen functional groups attached to an aromatic ring is 1. The Labute approximate surface area is 121 Å². The molecule has 0 saturated carbocycles. The number of hydrogen-bond acceptors (Lipinski definition) is 4. The van der Waals surface area contributed by atoms with Crippen molar-refractivity contribution in [1.82, 2.24) is 9.97 Å². The van der Waals surface area contributed by atoms with Gasteiger partial charge in [-0.3, -0.25) is 0 Å². The zero-order valence-corrected chi connectivity index (χ0v) is 11.6. The van der Waals surface area contributed by atoms with Gasteiger partial charge >= 0.3 is 0 Å². The second-order valence-electron chi connectivity index (χ2n) is 4.61. The number of aromatic nitrogens is 2. The van der Waals surface area contributed by atoms with Crippen LogP contribution in [-0.4, -0.2) is 9.97 Å². The molecule has 3 aromatic rings. The van der Waals surface area contributed by atoms with E-state index in [-0.39, 0.29) is 0 Å². The van der Waals surface area contributed by atoms with Crippen molar-refractivity contribution in [2.24, 2.45) is 0 Å². The third-order valence-electron chi connectivity index (χ3n) is 3.04. The molecule has 3 N–H and O–H groups in total. The largest absolute Gasteiger partial charge is 0.399 e. The topological polar surface area (TPSA) is 63.8 Å². The minimum Gasteiger partial charge on any atom is -0.399 e. The standard InChI is InChI=1S/C15H13ClN4/c1-9-2-5-12(16)14(6-9)20-15-11-4-3-10(17)7-13(11)18-8-19-15/h2-8H,17H2,1H3,(H,18,19,20). The van der Waals surface area contributed by atoms with Crippen molar-refractivity contribution in [3.63, 3.8) is 0 Å². The highest BCUT2D eigenvalue weighted by Crippen LogP contribution is 2.29. The van der Waals surface area contributed by atoms with Gasteiger partial charge in [0.2, 0.25) is 0 Å². The molecule has 4 nitrogen and oxygen atoms in total. The molecule has 0 amide bonds. The molecule has 5 heteroatoms. The van der Waals surface area contributed by atoms with Gasteiger partial charge in [0.15, 0.2) is 0 Å². The van der Waals surface area contributed by atoms with E-state index in [1.54, 1.807) is 0 Å². The Kier molecular flexibility index (Phi) is 3.16. The quantitative estimate of drug-likeness (QED) is 0.700. The molecular formula is C15H13ClN4. The van der Waals surface area contributed by atoms with Crippen LogP contribution >= 0.6 is 11.6 Å². The van der Waals surface area contributed by atoms with Gasteiger partial charge in [0, 0.05) is 11.1 Å². The molecule has 0 bridgehead atoms. The molecule has 20 heavy (non-hydrogen) atoms. The van der Waals surface area contributed by atoms with Crippen LogP contribution in [0.3, 0.4) is 0 Å². The molecule has 0 spiro atoms. The molecule has 1 aromatic heterocycles. The molecule has 100 valence electrons. The van der Waals surface area contributed by atoms with Crippen molar-refractivity contribution in [3.05, 3.63) is 53.3 Å². The molecule has 3 rings (SSSR count). The molecular weight excluding hydrogens is 272 g/mol. The van der Waals surface area contributed by atoms with E-state index in [0.29, 0.717) is 16.5 Å². The second kappa shape index (κ2) is 4.98. The monoisotopic (exact) mass is 284 g/mol. The van der Waals surface area contributed by atoms with Crippen molar-refractivity contribution < 1.29 is 0 Å². The van der Waals surface area contributed by atoms with Crippen LogP contribution in [-0.2, 0) is 0 Å². The number of benzene rings is 2. The first-order valence-electron chi connectivity index (χ1n) is 6.17. The van der Waals surface area contributed by atoms with E-state index < -0.39 is 0 Å². The zero-order chi connectivity index (χ0) is 14.1. The lowest BCUT2D eigenvalue weighted by Crippen LogP contribution is -1.97. The van der Waals surface area contributed by atoms with Crippen LogP contribution in [0, 0.1) is 6.92 Å². The number of rotatable bonds is 2. The summed E-state index contributed by atoms with van der Waals surface area (Å²) < 4.78 is 0. The van der Waals surface area contributed by atoms with E-state index in [4.69, 9.17) is 17.3 Å². The van der Waals surface area contributed by atoms with Gasteiger partial charge in [0.25, 0.3) is 0 Å². The molecule has 0 saturated heterocycles. The molecule has 0 fully saturated rings. The third kappa shape index (κ3) is 2.38. The van der Waals surface area contributed by atoms with Crippen molar-refractivity contribution in [2.45, 2.75) is 6.92 Å². The van der Waals surface area contributed by atoms with E-state index in [0.717, 1.165) is 22.2 Å². The highest BCUT2D eigenvalue weighted by atomic mass is 35.5. The fourth-order valence-corrected chi connectivity index (χ4v) is 2.20. The molecule has 1 heterocycles. The van der Waals surface area contributed by atoms with Gasteiger partial charge in [-0.2, -0.15) is 0 Å². The molecule has 0 radical (unpaired) electrons. The summed E-state index contributed by atoms with van der Waals surface area (Å²) in [6.45, 7) is 2.01. The summed E-state index contributed by atoms with van der Waals surface area (Å²) in [7, 11) is 0. The maximum Gasteiger partial charge on any atom is 0.141 e. The van der Waals surface area contributed by atoms with Crippen molar-refractivity contribution in [3.8, 4) is 0 Å². The maximum absolute atomic E-state index is 6.20. The smallest absolute Gasteiger partial charge is 0.141 e. The highest BCUT2D eigenvalue weighted by Gasteiger charge is 2.07. The number of anilines is 3. The average molecular weight is 285 g/mol. The summed E-state index contributed by atoms with van der Waals surface area (Å²) in [6, 6.07) is 11.4. The molecule has 0 unspecified atom stereocenters. The number of hydrogen-bond donors (Lipinski definition) is 2.